The Balaban J connectivity index is 2.26. The molecule has 12 nitrogen and oxygen atoms in total. The maximum absolute atomic E-state index is 13.2. The van der Waals surface area contributed by atoms with Crippen molar-refractivity contribution in [2.45, 2.75) is 50.4 Å². The molecule has 0 spiro atoms. The number of H-pyrrole nitrogens is 1. The van der Waals surface area contributed by atoms with Crippen LogP contribution in [0.4, 0.5) is 0 Å². The second-order valence-corrected chi connectivity index (χ2v) is 9.23. The minimum absolute atomic E-state index is 0.0186. The van der Waals surface area contributed by atoms with Gasteiger partial charge in [-0.25, -0.2) is 9.78 Å². The minimum Gasteiger partial charge on any atom is -0.508 e. The Kier molecular flexibility index (Phi) is 11.2. The standard InChI is InChI=1S/C23H32N6O6S/c1-13(24)20(31)28-19(10-15-11-25-12-26-15)22(33)29-18(9-14-3-5-16(30)6-4-14)21(32)27-17(23(34)35)7-8-36-2/h3-6,11-13,17-19,30H,7-10,24H2,1-2H3,(H,25,26)(H,27,32)(H,28,31)(H,29,33)(H,34,35). The van der Waals surface area contributed by atoms with Gasteiger partial charge in [0.1, 0.15) is 23.9 Å². The predicted octanol–water partition coefficient (Wildman–Crippen LogP) is -0.460. The summed E-state index contributed by atoms with van der Waals surface area (Å²) in [7, 11) is 0. The predicted molar refractivity (Wildman–Crippen MR) is 134 cm³/mol. The van der Waals surface area contributed by atoms with Gasteiger partial charge in [-0.05, 0) is 43.0 Å². The average molecular weight is 521 g/mol. The highest BCUT2D eigenvalue weighted by molar-refractivity contribution is 7.98. The molecule has 0 aliphatic carbocycles. The van der Waals surface area contributed by atoms with Crippen molar-refractivity contribution in [2.75, 3.05) is 12.0 Å². The van der Waals surface area contributed by atoms with Crippen LogP contribution in [0.3, 0.4) is 0 Å². The van der Waals surface area contributed by atoms with E-state index in [1.165, 1.54) is 43.3 Å². The molecule has 2 aromatic rings. The number of hydrogen-bond donors (Lipinski definition) is 7. The molecule has 1 aromatic carbocycles. The van der Waals surface area contributed by atoms with E-state index in [9.17, 15) is 29.4 Å². The molecule has 0 bridgehead atoms. The van der Waals surface area contributed by atoms with Crippen LogP contribution >= 0.6 is 11.8 Å². The van der Waals surface area contributed by atoms with Gasteiger partial charge in [0.25, 0.3) is 0 Å². The van der Waals surface area contributed by atoms with Gasteiger partial charge in [-0.2, -0.15) is 11.8 Å². The van der Waals surface area contributed by atoms with Crippen molar-refractivity contribution in [3.8, 4) is 5.75 Å². The summed E-state index contributed by atoms with van der Waals surface area (Å²) in [6, 6.07) is 1.81. The number of nitrogens with two attached hydrogens (primary N) is 1. The molecule has 1 heterocycles. The molecule has 36 heavy (non-hydrogen) atoms. The van der Waals surface area contributed by atoms with Crippen molar-refractivity contribution in [1.82, 2.24) is 25.9 Å². The Bertz CT molecular complexity index is 1010. The van der Waals surface area contributed by atoms with Crippen molar-refractivity contribution in [3.63, 3.8) is 0 Å². The van der Waals surface area contributed by atoms with Gasteiger partial charge in [0.2, 0.25) is 17.7 Å². The van der Waals surface area contributed by atoms with E-state index in [-0.39, 0.29) is 25.0 Å². The van der Waals surface area contributed by atoms with Crippen LogP contribution in [0.2, 0.25) is 0 Å². The molecule has 3 amide bonds. The largest absolute Gasteiger partial charge is 0.508 e. The number of aliphatic carboxylic acids is 1. The summed E-state index contributed by atoms with van der Waals surface area (Å²) in [6.07, 6.45) is 5.04. The van der Waals surface area contributed by atoms with E-state index in [0.717, 1.165) is 0 Å². The zero-order chi connectivity index (χ0) is 26.7. The Morgan fingerprint density at radius 2 is 1.58 bits per heavy atom. The Hall–Kier alpha value is -3.58. The normalized spacial score (nSPS) is 14.2. The number of nitrogens with zero attached hydrogens (tertiary/aromatic N) is 1. The summed E-state index contributed by atoms with van der Waals surface area (Å²) in [4.78, 5) is 57.0. The van der Waals surface area contributed by atoms with Crippen molar-refractivity contribution in [2.24, 2.45) is 5.73 Å². The van der Waals surface area contributed by atoms with Gasteiger partial charge in [0, 0.05) is 24.7 Å². The maximum atomic E-state index is 13.2. The Morgan fingerprint density at radius 1 is 1.00 bits per heavy atom. The van der Waals surface area contributed by atoms with E-state index in [0.29, 0.717) is 17.0 Å². The molecule has 13 heteroatoms. The third-order valence-electron chi connectivity index (χ3n) is 5.26. The topological polar surface area (TPSA) is 200 Å². The monoisotopic (exact) mass is 520 g/mol. The van der Waals surface area contributed by atoms with E-state index in [1.54, 1.807) is 12.1 Å². The van der Waals surface area contributed by atoms with Crippen LogP contribution in [-0.4, -0.2) is 80.0 Å². The van der Waals surface area contributed by atoms with E-state index < -0.39 is 47.9 Å². The second kappa shape index (κ2) is 14.1. The number of benzene rings is 1. The summed E-state index contributed by atoms with van der Waals surface area (Å²) < 4.78 is 0. The number of imidazole rings is 1. The number of carboxylic acid groups (broad SMARTS) is 1. The molecule has 0 fully saturated rings. The molecule has 4 atom stereocenters. The summed E-state index contributed by atoms with van der Waals surface area (Å²) in [5.74, 6) is -2.55. The van der Waals surface area contributed by atoms with Crippen molar-refractivity contribution in [3.05, 3.63) is 48.0 Å². The lowest BCUT2D eigenvalue weighted by Crippen LogP contribution is -2.58. The Labute approximate surface area is 212 Å². The molecular weight excluding hydrogens is 488 g/mol. The van der Waals surface area contributed by atoms with Gasteiger partial charge in [-0.15, -0.1) is 0 Å². The number of phenolic OH excluding ortho intramolecular Hbond substituents is 1. The number of aromatic nitrogens is 2. The third kappa shape index (κ3) is 9.23. The number of phenols is 1. The molecule has 196 valence electrons. The second-order valence-electron chi connectivity index (χ2n) is 8.24. The molecule has 1 aromatic heterocycles. The maximum Gasteiger partial charge on any atom is 0.326 e. The van der Waals surface area contributed by atoms with Crippen LogP contribution in [0.1, 0.15) is 24.6 Å². The number of amides is 3. The Morgan fingerprint density at radius 3 is 2.11 bits per heavy atom. The quantitative estimate of drug-likeness (QED) is 0.172. The lowest BCUT2D eigenvalue weighted by Gasteiger charge is -2.25. The van der Waals surface area contributed by atoms with Crippen LogP contribution in [0, 0.1) is 0 Å². The molecular formula is C23H32N6O6S. The lowest BCUT2D eigenvalue weighted by atomic mass is 10.0. The van der Waals surface area contributed by atoms with Gasteiger partial charge < -0.3 is 36.9 Å². The SMILES string of the molecule is CSCCC(NC(=O)C(Cc1ccc(O)cc1)NC(=O)C(Cc1cnc[nH]1)NC(=O)C(C)N)C(=O)O. The number of carbonyl (C=O) groups excluding carboxylic acids is 3. The molecule has 2 rings (SSSR count). The third-order valence-corrected chi connectivity index (χ3v) is 5.90. The fourth-order valence-corrected chi connectivity index (χ4v) is 3.71. The number of aromatic hydroxyl groups is 1. The first-order valence-corrected chi connectivity index (χ1v) is 12.6. The minimum atomic E-state index is -1.19. The number of rotatable bonds is 14. The fourth-order valence-electron chi connectivity index (χ4n) is 3.24. The van der Waals surface area contributed by atoms with Gasteiger partial charge >= 0.3 is 5.97 Å². The van der Waals surface area contributed by atoms with E-state index in [4.69, 9.17) is 5.73 Å². The van der Waals surface area contributed by atoms with E-state index in [2.05, 4.69) is 25.9 Å². The van der Waals surface area contributed by atoms with Crippen LogP contribution < -0.4 is 21.7 Å². The first kappa shape index (κ1) is 28.7. The van der Waals surface area contributed by atoms with Gasteiger partial charge in [0.15, 0.2) is 0 Å². The molecule has 8 N–H and O–H groups in total. The molecule has 0 saturated carbocycles. The van der Waals surface area contributed by atoms with E-state index >= 15 is 0 Å². The first-order valence-electron chi connectivity index (χ1n) is 11.2. The summed E-state index contributed by atoms with van der Waals surface area (Å²) in [5, 5.41) is 26.8. The van der Waals surface area contributed by atoms with Gasteiger partial charge in [0.05, 0.1) is 12.4 Å². The summed E-state index contributed by atoms with van der Waals surface area (Å²) in [6.45, 7) is 1.47. The van der Waals surface area contributed by atoms with Crippen molar-refractivity contribution >= 4 is 35.5 Å². The summed E-state index contributed by atoms with van der Waals surface area (Å²) >= 11 is 1.44. The molecule has 4 unspecified atom stereocenters. The number of carbonyl (C=O) groups is 4. The summed E-state index contributed by atoms with van der Waals surface area (Å²) in [5.41, 5.74) is 6.83. The number of hydrogen-bond acceptors (Lipinski definition) is 8. The van der Waals surface area contributed by atoms with E-state index in [1.807, 2.05) is 6.26 Å². The van der Waals surface area contributed by atoms with Crippen LogP contribution in [-0.2, 0) is 32.0 Å². The van der Waals surface area contributed by atoms with Crippen LogP contribution in [0.15, 0.2) is 36.8 Å². The van der Waals surface area contributed by atoms with Crippen LogP contribution in [0.25, 0.3) is 0 Å². The number of carboxylic acids is 1. The fraction of sp³-hybridized carbons (Fsp3) is 0.435. The first-order chi connectivity index (χ1) is 17.1. The zero-order valence-electron chi connectivity index (χ0n) is 20.1. The smallest absolute Gasteiger partial charge is 0.326 e. The van der Waals surface area contributed by atoms with Gasteiger partial charge in [-0.1, -0.05) is 12.1 Å². The van der Waals surface area contributed by atoms with Crippen molar-refractivity contribution in [1.29, 1.82) is 0 Å². The highest BCUT2D eigenvalue weighted by Crippen LogP contribution is 2.12. The van der Waals surface area contributed by atoms with Gasteiger partial charge in [-0.3, -0.25) is 14.4 Å². The number of thioether (sulfide) groups is 1. The molecule has 0 saturated heterocycles. The highest BCUT2D eigenvalue weighted by Gasteiger charge is 2.30. The average Bonchev–Trinajstić information content (AvgIpc) is 3.34. The zero-order valence-corrected chi connectivity index (χ0v) is 20.9. The molecule has 0 aliphatic rings. The molecule has 0 radical (unpaired) electrons. The number of nitrogens with one attached hydrogen (secondary N) is 4. The number of aromatic amines is 1. The van der Waals surface area contributed by atoms with Crippen molar-refractivity contribution < 1.29 is 29.4 Å². The van der Waals surface area contributed by atoms with Crippen LogP contribution in [0.5, 0.6) is 5.75 Å². The molecule has 0 aliphatic heterocycles. The lowest BCUT2D eigenvalue weighted by molar-refractivity contribution is -0.142. The highest BCUT2D eigenvalue weighted by atomic mass is 32.2.